The van der Waals surface area contributed by atoms with Gasteiger partial charge in [-0.25, -0.2) is 0 Å². The predicted molar refractivity (Wildman–Crippen MR) is 72.7 cm³/mol. The molecule has 1 aromatic carbocycles. The maximum Gasteiger partial charge on any atom is 0.168 e. The Hall–Kier alpha value is -1.06. The molecule has 1 aliphatic heterocycles. The Labute approximate surface area is 112 Å². The predicted octanol–water partition coefficient (Wildman–Crippen LogP) is 2.98. The lowest BCUT2D eigenvalue weighted by Crippen LogP contribution is -2.24. The summed E-state index contributed by atoms with van der Waals surface area (Å²) in [6, 6.07) is 3.80. The van der Waals surface area contributed by atoms with Gasteiger partial charge in [-0.1, -0.05) is 11.6 Å². The Kier molecular flexibility index (Phi) is 4.25. The highest BCUT2D eigenvalue weighted by molar-refractivity contribution is 6.31. The van der Waals surface area contributed by atoms with Gasteiger partial charge < -0.3 is 10.1 Å². The van der Waals surface area contributed by atoms with Crippen molar-refractivity contribution in [3.63, 3.8) is 0 Å². The molecular formula is C14H18ClNO2. The highest BCUT2D eigenvalue weighted by Gasteiger charge is 2.21. The van der Waals surface area contributed by atoms with Crippen LogP contribution in [-0.4, -0.2) is 25.5 Å². The first-order valence-electron chi connectivity index (χ1n) is 6.22. The van der Waals surface area contributed by atoms with Crippen molar-refractivity contribution in [3.8, 4) is 5.75 Å². The van der Waals surface area contributed by atoms with Crippen molar-refractivity contribution in [1.29, 1.82) is 0 Å². The summed E-state index contributed by atoms with van der Waals surface area (Å²) in [5.74, 6) is 0.735. The number of Topliss-reactive ketones (excluding diaryl/α,β-unsaturated/α-hetero) is 1. The summed E-state index contributed by atoms with van der Waals surface area (Å²) in [6.45, 7) is 2.90. The van der Waals surface area contributed by atoms with Gasteiger partial charge in [0.05, 0.1) is 12.7 Å². The lowest BCUT2D eigenvalue weighted by molar-refractivity contribution is 0.0968. The normalized spacial score (nSPS) is 18.9. The minimum Gasteiger partial charge on any atom is -0.496 e. The molecule has 1 N–H and O–H groups in total. The Morgan fingerprint density at radius 2 is 2.33 bits per heavy atom. The monoisotopic (exact) mass is 267 g/mol. The highest BCUT2D eigenvalue weighted by Crippen LogP contribution is 2.29. The van der Waals surface area contributed by atoms with Crippen LogP contribution in [0.2, 0.25) is 5.02 Å². The number of ketones is 1. The first-order chi connectivity index (χ1) is 8.61. The Morgan fingerprint density at radius 1 is 1.56 bits per heavy atom. The highest BCUT2D eigenvalue weighted by atomic mass is 35.5. The minimum absolute atomic E-state index is 0.0943. The Morgan fingerprint density at radius 3 is 2.94 bits per heavy atom. The van der Waals surface area contributed by atoms with E-state index in [1.807, 2.05) is 13.0 Å². The van der Waals surface area contributed by atoms with Crippen LogP contribution in [0.15, 0.2) is 12.1 Å². The van der Waals surface area contributed by atoms with Gasteiger partial charge in [0.2, 0.25) is 0 Å². The molecule has 3 nitrogen and oxygen atoms in total. The average molecular weight is 268 g/mol. The number of rotatable bonds is 4. The molecule has 0 aliphatic carbocycles. The van der Waals surface area contributed by atoms with Gasteiger partial charge in [-0.3, -0.25) is 4.79 Å². The van der Waals surface area contributed by atoms with E-state index in [0.29, 0.717) is 28.8 Å². The zero-order valence-electron chi connectivity index (χ0n) is 10.8. The fraction of sp³-hybridized carbons (Fsp3) is 0.500. The van der Waals surface area contributed by atoms with E-state index in [2.05, 4.69) is 5.32 Å². The SMILES string of the molecule is COc1c(C)cc(Cl)cc1C(=O)CC1CCCN1. The summed E-state index contributed by atoms with van der Waals surface area (Å²) in [5.41, 5.74) is 1.49. The van der Waals surface area contributed by atoms with E-state index in [-0.39, 0.29) is 5.78 Å². The van der Waals surface area contributed by atoms with E-state index in [9.17, 15) is 4.79 Å². The number of aryl methyl sites for hydroxylation is 1. The van der Waals surface area contributed by atoms with Crippen LogP contribution in [0.1, 0.15) is 35.2 Å². The summed E-state index contributed by atoms with van der Waals surface area (Å²) in [6.07, 6.45) is 2.72. The first kappa shape index (κ1) is 13.4. The van der Waals surface area contributed by atoms with E-state index >= 15 is 0 Å². The van der Waals surface area contributed by atoms with E-state index in [1.54, 1.807) is 13.2 Å². The lowest BCUT2D eigenvalue weighted by atomic mass is 10.00. The maximum atomic E-state index is 12.3. The topological polar surface area (TPSA) is 38.3 Å². The fourth-order valence-corrected chi connectivity index (χ4v) is 2.75. The van der Waals surface area contributed by atoms with E-state index in [1.165, 1.54) is 0 Å². The van der Waals surface area contributed by atoms with Gasteiger partial charge in [0.15, 0.2) is 5.78 Å². The van der Waals surface area contributed by atoms with Crippen LogP contribution in [0.25, 0.3) is 0 Å². The fourth-order valence-electron chi connectivity index (χ4n) is 2.47. The molecule has 0 amide bonds. The zero-order chi connectivity index (χ0) is 13.1. The largest absolute Gasteiger partial charge is 0.496 e. The van der Waals surface area contributed by atoms with Crippen LogP contribution in [0.5, 0.6) is 5.75 Å². The van der Waals surface area contributed by atoms with Gasteiger partial charge in [-0.05, 0) is 44.0 Å². The molecule has 1 atom stereocenters. The standard InChI is InChI=1S/C14H18ClNO2/c1-9-6-10(15)7-12(14(9)18-2)13(17)8-11-4-3-5-16-11/h6-7,11,16H,3-5,8H2,1-2H3. The third-order valence-corrected chi connectivity index (χ3v) is 3.56. The molecule has 1 fully saturated rings. The lowest BCUT2D eigenvalue weighted by Gasteiger charge is -2.13. The van der Waals surface area contributed by atoms with Crippen molar-refractivity contribution in [2.75, 3.05) is 13.7 Å². The molecule has 1 unspecified atom stereocenters. The smallest absolute Gasteiger partial charge is 0.168 e. The molecule has 0 bridgehead atoms. The number of halogens is 1. The second kappa shape index (κ2) is 5.72. The first-order valence-corrected chi connectivity index (χ1v) is 6.60. The van der Waals surface area contributed by atoms with Crippen molar-refractivity contribution in [1.82, 2.24) is 5.32 Å². The number of hydrogen-bond acceptors (Lipinski definition) is 3. The number of benzene rings is 1. The number of methoxy groups -OCH3 is 1. The molecule has 0 spiro atoms. The van der Waals surface area contributed by atoms with Gasteiger partial charge in [0.25, 0.3) is 0 Å². The molecule has 18 heavy (non-hydrogen) atoms. The van der Waals surface area contributed by atoms with Crippen LogP contribution in [0.4, 0.5) is 0 Å². The van der Waals surface area contributed by atoms with Crippen LogP contribution in [0.3, 0.4) is 0 Å². The summed E-state index contributed by atoms with van der Waals surface area (Å²) >= 11 is 6.02. The summed E-state index contributed by atoms with van der Waals surface area (Å²) in [4.78, 5) is 12.3. The Bertz CT molecular complexity index is 453. The van der Waals surface area contributed by atoms with E-state index < -0.39 is 0 Å². The van der Waals surface area contributed by atoms with E-state index in [0.717, 1.165) is 24.9 Å². The summed E-state index contributed by atoms with van der Waals surface area (Å²) < 4.78 is 5.32. The molecule has 2 rings (SSSR count). The van der Waals surface area contributed by atoms with Crippen molar-refractivity contribution < 1.29 is 9.53 Å². The molecule has 1 aromatic rings. The average Bonchev–Trinajstić information content (AvgIpc) is 2.80. The quantitative estimate of drug-likeness (QED) is 0.853. The summed E-state index contributed by atoms with van der Waals surface area (Å²) in [7, 11) is 1.58. The van der Waals surface area contributed by atoms with Crippen molar-refractivity contribution >= 4 is 17.4 Å². The second-order valence-corrected chi connectivity index (χ2v) is 5.16. The number of hydrogen-bond donors (Lipinski definition) is 1. The minimum atomic E-state index is 0.0943. The molecule has 1 heterocycles. The van der Waals surface area contributed by atoms with Crippen LogP contribution < -0.4 is 10.1 Å². The van der Waals surface area contributed by atoms with E-state index in [4.69, 9.17) is 16.3 Å². The van der Waals surface area contributed by atoms with Crippen LogP contribution in [0, 0.1) is 6.92 Å². The molecule has 98 valence electrons. The van der Waals surface area contributed by atoms with Crippen molar-refractivity contribution in [3.05, 3.63) is 28.3 Å². The molecule has 1 saturated heterocycles. The Balaban J connectivity index is 2.22. The number of carbonyl (C=O) groups is 1. The van der Waals surface area contributed by atoms with Gasteiger partial charge in [-0.2, -0.15) is 0 Å². The second-order valence-electron chi connectivity index (χ2n) is 4.72. The molecule has 0 saturated carbocycles. The third-order valence-electron chi connectivity index (χ3n) is 3.34. The third kappa shape index (κ3) is 2.85. The van der Waals surface area contributed by atoms with Gasteiger partial charge in [0.1, 0.15) is 5.75 Å². The molecule has 0 aromatic heterocycles. The van der Waals surface area contributed by atoms with Crippen LogP contribution >= 0.6 is 11.6 Å². The molecular weight excluding hydrogens is 250 g/mol. The number of nitrogens with one attached hydrogen (secondary N) is 1. The maximum absolute atomic E-state index is 12.3. The number of carbonyl (C=O) groups excluding carboxylic acids is 1. The van der Waals surface area contributed by atoms with Crippen LogP contribution in [-0.2, 0) is 0 Å². The van der Waals surface area contributed by atoms with Gasteiger partial charge in [-0.15, -0.1) is 0 Å². The molecule has 4 heteroatoms. The van der Waals surface area contributed by atoms with Gasteiger partial charge in [0, 0.05) is 17.5 Å². The summed E-state index contributed by atoms with van der Waals surface area (Å²) in [5, 5.41) is 3.91. The van der Waals surface area contributed by atoms with Crippen molar-refractivity contribution in [2.45, 2.75) is 32.2 Å². The molecule has 1 aliphatic rings. The zero-order valence-corrected chi connectivity index (χ0v) is 11.5. The molecule has 0 radical (unpaired) electrons. The van der Waals surface area contributed by atoms with Crippen molar-refractivity contribution in [2.24, 2.45) is 0 Å². The van der Waals surface area contributed by atoms with Gasteiger partial charge >= 0.3 is 0 Å². The number of ether oxygens (including phenoxy) is 1.